The van der Waals surface area contributed by atoms with E-state index in [-0.39, 0.29) is 33.4 Å². The highest BCUT2D eigenvalue weighted by molar-refractivity contribution is 6.41. The third kappa shape index (κ3) is 5.28. The number of allylic oxidation sites excluding steroid dienone is 1. The Hall–Kier alpha value is -3.18. The summed E-state index contributed by atoms with van der Waals surface area (Å²) in [7, 11) is 4.73. The predicted octanol–water partition coefficient (Wildman–Crippen LogP) is 4.81. The molecule has 1 aromatic carbocycles. The van der Waals surface area contributed by atoms with E-state index in [0.29, 0.717) is 72.8 Å². The Kier molecular flexibility index (Phi) is 8.05. The molecule has 2 fully saturated rings. The van der Waals surface area contributed by atoms with E-state index in [4.69, 9.17) is 52.1 Å². The number of fused-ring (bicyclic) bond motifs is 1. The van der Waals surface area contributed by atoms with Gasteiger partial charge in [0, 0.05) is 44.0 Å². The number of carbonyl (C=O) groups is 1. The van der Waals surface area contributed by atoms with Crippen LogP contribution in [0.2, 0.25) is 10.0 Å². The van der Waals surface area contributed by atoms with E-state index in [1.165, 1.54) is 20.3 Å². The fourth-order valence-electron chi connectivity index (χ4n) is 5.06. The van der Waals surface area contributed by atoms with Crippen LogP contribution < -0.4 is 19.7 Å². The number of anilines is 2. The molecule has 5 rings (SSSR count). The maximum atomic E-state index is 12.0. The quantitative estimate of drug-likeness (QED) is 0.332. The van der Waals surface area contributed by atoms with Gasteiger partial charge in [-0.15, -0.1) is 0 Å². The lowest BCUT2D eigenvalue weighted by Crippen LogP contribution is -2.61. The lowest BCUT2D eigenvalue weighted by atomic mass is 9.96. The number of ether oxygens (including phenoxy) is 4. The molecule has 40 heavy (non-hydrogen) atoms. The number of nitrogens with one attached hydrogen (secondary N) is 1. The molecule has 2 aliphatic heterocycles. The van der Waals surface area contributed by atoms with Gasteiger partial charge in [-0.3, -0.25) is 4.79 Å². The van der Waals surface area contributed by atoms with Crippen LogP contribution in [0.15, 0.2) is 31.0 Å². The second-order valence-electron chi connectivity index (χ2n) is 10.2. The van der Waals surface area contributed by atoms with E-state index in [1.54, 1.807) is 19.4 Å². The van der Waals surface area contributed by atoms with Crippen molar-refractivity contribution >= 4 is 51.5 Å². The van der Waals surface area contributed by atoms with Crippen LogP contribution in [-0.2, 0) is 14.3 Å². The molecule has 212 valence electrons. The number of hydrogen-bond donors (Lipinski definition) is 1. The summed E-state index contributed by atoms with van der Waals surface area (Å²) in [5.74, 6) is 2.42. The molecule has 0 radical (unpaired) electrons. The molecule has 2 saturated heterocycles. The average Bonchev–Trinajstić information content (AvgIpc) is 3.37. The molecule has 2 aromatic heterocycles. The van der Waals surface area contributed by atoms with Crippen molar-refractivity contribution < 1.29 is 23.7 Å². The van der Waals surface area contributed by atoms with Gasteiger partial charge < -0.3 is 29.2 Å². The number of pyridine rings is 1. The summed E-state index contributed by atoms with van der Waals surface area (Å²) in [6, 6.07) is 3.47. The second-order valence-corrected chi connectivity index (χ2v) is 10.9. The largest absolute Gasteiger partial charge is 0.495 e. The van der Waals surface area contributed by atoms with Gasteiger partial charge in [0.05, 0.1) is 66.4 Å². The van der Waals surface area contributed by atoms with Crippen molar-refractivity contribution in [2.75, 3.05) is 57.8 Å². The summed E-state index contributed by atoms with van der Waals surface area (Å²) >= 11 is 13.4. The molecule has 0 spiro atoms. The van der Waals surface area contributed by atoms with Crippen molar-refractivity contribution in [3.8, 4) is 22.9 Å². The Bertz CT molecular complexity index is 1430. The first-order valence-electron chi connectivity index (χ1n) is 12.8. The van der Waals surface area contributed by atoms with Crippen LogP contribution in [0.25, 0.3) is 22.3 Å². The zero-order valence-electron chi connectivity index (χ0n) is 22.8. The van der Waals surface area contributed by atoms with Crippen molar-refractivity contribution in [1.82, 2.24) is 15.0 Å². The zero-order valence-corrected chi connectivity index (χ0v) is 24.3. The summed E-state index contributed by atoms with van der Waals surface area (Å²) in [5.41, 5.74) is 0.704. The molecule has 0 bridgehead atoms. The number of aromatic nitrogens is 3. The van der Waals surface area contributed by atoms with Gasteiger partial charge in [-0.05, 0) is 19.1 Å². The van der Waals surface area contributed by atoms with Crippen molar-refractivity contribution in [2.45, 2.75) is 25.0 Å². The smallest absolute Gasteiger partial charge is 0.165 e. The minimum absolute atomic E-state index is 0.0116. The number of benzene rings is 1. The van der Waals surface area contributed by atoms with Gasteiger partial charge in [-0.1, -0.05) is 29.8 Å². The Morgan fingerprint density at radius 1 is 1.18 bits per heavy atom. The number of rotatable bonds is 10. The topological polar surface area (TPSA) is 108 Å². The number of hydrogen-bond acceptors (Lipinski definition) is 10. The van der Waals surface area contributed by atoms with Gasteiger partial charge >= 0.3 is 0 Å². The summed E-state index contributed by atoms with van der Waals surface area (Å²) in [4.78, 5) is 28.4. The molecule has 1 N–H and O–H groups in total. The van der Waals surface area contributed by atoms with E-state index in [9.17, 15) is 4.79 Å². The van der Waals surface area contributed by atoms with Crippen LogP contribution in [0.4, 0.5) is 11.6 Å². The molecular formula is C28H31Cl2N5O5. The summed E-state index contributed by atoms with van der Waals surface area (Å²) in [6.45, 7) is 7.86. The molecule has 2 aliphatic rings. The van der Waals surface area contributed by atoms with Gasteiger partial charge in [0.1, 0.15) is 23.1 Å². The van der Waals surface area contributed by atoms with Crippen LogP contribution in [0, 0.1) is 5.92 Å². The fourth-order valence-corrected chi connectivity index (χ4v) is 5.73. The predicted molar refractivity (Wildman–Crippen MR) is 155 cm³/mol. The highest BCUT2D eigenvalue weighted by atomic mass is 35.5. The molecule has 12 heteroatoms. The number of halogens is 2. The van der Waals surface area contributed by atoms with Crippen LogP contribution in [0.1, 0.15) is 13.3 Å². The van der Waals surface area contributed by atoms with Gasteiger partial charge in [0.15, 0.2) is 11.6 Å². The van der Waals surface area contributed by atoms with E-state index in [2.05, 4.69) is 21.8 Å². The molecule has 3 aromatic rings. The minimum Gasteiger partial charge on any atom is -0.495 e. The average molecular weight is 588 g/mol. The number of carbonyl (C=O) groups excluding carboxylic acids is 1. The number of nitrogens with zero attached hydrogens (tertiary/aromatic N) is 4. The Labute approximate surface area is 242 Å². The normalized spacial score (nSPS) is 19.8. The Morgan fingerprint density at radius 2 is 1.88 bits per heavy atom. The summed E-state index contributed by atoms with van der Waals surface area (Å²) < 4.78 is 22.2. The van der Waals surface area contributed by atoms with Gasteiger partial charge in [0.2, 0.25) is 0 Å². The maximum absolute atomic E-state index is 12.0. The SMILES string of the molecule is C=CC(=O)C[C@H]1COC[C@H]1Nc1cc2c(N3CC(C)(OC)C3)nc(-c3c(Cl)c(OC)cc(OC)c3Cl)nc2cn1. The van der Waals surface area contributed by atoms with Gasteiger partial charge in [-0.25, -0.2) is 15.0 Å². The molecular weight excluding hydrogens is 557 g/mol. The van der Waals surface area contributed by atoms with Crippen molar-refractivity contribution in [3.63, 3.8) is 0 Å². The summed E-state index contributed by atoms with van der Waals surface area (Å²) in [5, 5.41) is 4.78. The summed E-state index contributed by atoms with van der Waals surface area (Å²) in [6.07, 6.45) is 3.39. The monoisotopic (exact) mass is 587 g/mol. The number of ketones is 1. The molecule has 10 nitrogen and oxygen atoms in total. The number of methoxy groups -OCH3 is 3. The zero-order chi connectivity index (χ0) is 28.6. The van der Waals surface area contributed by atoms with Crippen molar-refractivity contribution in [2.24, 2.45) is 5.92 Å². The van der Waals surface area contributed by atoms with Gasteiger partial charge in [-0.2, -0.15) is 0 Å². The van der Waals surface area contributed by atoms with E-state index in [1.807, 2.05) is 13.0 Å². The Morgan fingerprint density at radius 3 is 2.50 bits per heavy atom. The van der Waals surface area contributed by atoms with Crippen molar-refractivity contribution in [3.05, 3.63) is 41.0 Å². The van der Waals surface area contributed by atoms with Crippen LogP contribution in [-0.4, -0.2) is 80.0 Å². The highest BCUT2D eigenvalue weighted by Crippen LogP contribution is 2.46. The molecule has 0 aliphatic carbocycles. The van der Waals surface area contributed by atoms with E-state index in [0.717, 1.165) is 5.39 Å². The third-order valence-electron chi connectivity index (χ3n) is 7.42. The van der Waals surface area contributed by atoms with Gasteiger partial charge in [0.25, 0.3) is 0 Å². The molecule has 2 atom stereocenters. The molecule has 0 saturated carbocycles. The fraction of sp³-hybridized carbons (Fsp3) is 0.429. The first-order valence-corrected chi connectivity index (χ1v) is 13.5. The standard InChI is InChI=1S/C28H31Cl2N5O5/c1-6-16(36)7-15-11-40-12-19(15)32-22-8-17-18(10-31-22)33-26(34-27(17)35-13-28(2,14-35)39-5)23-24(29)20(37-3)9-21(38-4)25(23)30/h6,8-10,15,19H,1,7,11-14H2,2-5H3,(H,31,32)/t15-,19+/m0/s1. The van der Waals surface area contributed by atoms with Crippen molar-refractivity contribution in [1.29, 1.82) is 0 Å². The van der Waals surface area contributed by atoms with Crippen LogP contribution in [0.5, 0.6) is 11.5 Å². The molecule has 4 heterocycles. The maximum Gasteiger partial charge on any atom is 0.165 e. The second kappa shape index (κ2) is 11.4. The van der Waals surface area contributed by atoms with E-state index < -0.39 is 0 Å². The Balaban J connectivity index is 1.58. The lowest BCUT2D eigenvalue weighted by molar-refractivity contribution is -0.115. The first-order chi connectivity index (χ1) is 19.2. The van der Waals surface area contributed by atoms with E-state index >= 15 is 0 Å². The third-order valence-corrected chi connectivity index (χ3v) is 8.18. The molecule has 0 unspecified atom stereocenters. The van der Waals surface area contributed by atoms with Crippen LogP contribution in [0.3, 0.4) is 0 Å². The van der Waals surface area contributed by atoms with Crippen LogP contribution >= 0.6 is 23.2 Å². The highest BCUT2D eigenvalue weighted by Gasteiger charge is 2.41. The lowest BCUT2D eigenvalue weighted by Gasteiger charge is -2.47. The minimum atomic E-state index is -0.299. The molecule has 0 amide bonds. The first kappa shape index (κ1) is 28.4.